The van der Waals surface area contributed by atoms with Crippen LogP contribution < -0.4 is 10.6 Å². The Morgan fingerprint density at radius 1 is 1.25 bits per heavy atom. The molecule has 0 saturated heterocycles. The zero-order chi connectivity index (χ0) is 14.4. The van der Waals surface area contributed by atoms with Gasteiger partial charge in [-0.1, -0.05) is 38.3 Å². The molecular formula is C18H30N2. The van der Waals surface area contributed by atoms with Gasteiger partial charge in [0.05, 0.1) is 0 Å². The van der Waals surface area contributed by atoms with Gasteiger partial charge in [-0.15, -0.1) is 0 Å². The standard InChI is InChI=1S/C18H30N2/c1-3-16-9-4-5-11-18(16)20(13-7-12-19)17-10-6-8-15(2)14-17/h6,8,10,14,16,18H,3-5,7,9,11-13,19H2,1-2H3. The molecule has 2 atom stereocenters. The summed E-state index contributed by atoms with van der Waals surface area (Å²) in [7, 11) is 0. The predicted molar refractivity (Wildman–Crippen MR) is 88.2 cm³/mol. The van der Waals surface area contributed by atoms with Gasteiger partial charge in [0.25, 0.3) is 0 Å². The molecule has 2 unspecified atom stereocenters. The van der Waals surface area contributed by atoms with E-state index < -0.39 is 0 Å². The number of nitrogens with two attached hydrogens (primary N) is 1. The van der Waals surface area contributed by atoms with E-state index in [9.17, 15) is 0 Å². The van der Waals surface area contributed by atoms with Gasteiger partial charge >= 0.3 is 0 Å². The number of nitrogens with zero attached hydrogens (tertiary/aromatic N) is 1. The lowest BCUT2D eigenvalue weighted by molar-refractivity contribution is 0.284. The molecule has 1 aromatic rings. The maximum Gasteiger partial charge on any atom is 0.0371 e. The molecule has 1 fully saturated rings. The summed E-state index contributed by atoms with van der Waals surface area (Å²) in [4.78, 5) is 2.65. The Kier molecular flexibility index (Phi) is 5.90. The molecular weight excluding hydrogens is 244 g/mol. The van der Waals surface area contributed by atoms with E-state index in [1.165, 1.54) is 43.4 Å². The predicted octanol–water partition coefficient (Wildman–Crippen LogP) is 4.12. The number of benzene rings is 1. The molecule has 20 heavy (non-hydrogen) atoms. The van der Waals surface area contributed by atoms with E-state index in [1.54, 1.807) is 0 Å². The van der Waals surface area contributed by atoms with Crippen LogP contribution in [-0.4, -0.2) is 19.1 Å². The van der Waals surface area contributed by atoms with Crippen molar-refractivity contribution in [3.8, 4) is 0 Å². The van der Waals surface area contributed by atoms with Gasteiger partial charge in [0.15, 0.2) is 0 Å². The van der Waals surface area contributed by atoms with Crippen molar-refractivity contribution in [2.75, 3.05) is 18.0 Å². The summed E-state index contributed by atoms with van der Waals surface area (Å²) >= 11 is 0. The van der Waals surface area contributed by atoms with Gasteiger partial charge in [0.2, 0.25) is 0 Å². The van der Waals surface area contributed by atoms with Crippen molar-refractivity contribution in [3.05, 3.63) is 29.8 Å². The fourth-order valence-corrected chi connectivity index (χ4v) is 3.63. The highest BCUT2D eigenvalue weighted by molar-refractivity contribution is 5.49. The lowest BCUT2D eigenvalue weighted by Crippen LogP contribution is -2.43. The molecule has 0 spiro atoms. The summed E-state index contributed by atoms with van der Waals surface area (Å²) < 4.78 is 0. The van der Waals surface area contributed by atoms with Gasteiger partial charge in [0.1, 0.15) is 0 Å². The molecule has 0 aromatic heterocycles. The van der Waals surface area contributed by atoms with Crippen molar-refractivity contribution in [2.24, 2.45) is 11.7 Å². The molecule has 0 radical (unpaired) electrons. The zero-order valence-electron chi connectivity index (χ0n) is 13.1. The van der Waals surface area contributed by atoms with Crippen molar-refractivity contribution >= 4 is 5.69 Å². The maximum absolute atomic E-state index is 5.75. The van der Waals surface area contributed by atoms with E-state index in [2.05, 4.69) is 43.0 Å². The summed E-state index contributed by atoms with van der Waals surface area (Å²) in [5.41, 5.74) is 8.50. The largest absolute Gasteiger partial charge is 0.368 e. The van der Waals surface area contributed by atoms with Crippen LogP contribution in [0.2, 0.25) is 0 Å². The molecule has 2 rings (SSSR count). The quantitative estimate of drug-likeness (QED) is 0.845. The van der Waals surface area contributed by atoms with E-state index in [0.717, 1.165) is 25.4 Å². The summed E-state index contributed by atoms with van der Waals surface area (Å²) in [6, 6.07) is 9.68. The lowest BCUT2D eigenvalue weighted by atomic mass is 9.81. The number of rotatable bonds is 6. The second kappa shape index (κ2) is 7.68. The van der Waals surface area contributed by atoms with Crippen molar-refractivity contribution in [1.29, 1.82) is 0 Å². The molecule has 1 aliphatic carbocycles. The van der Waals surface area contributed by atoms with Gasteiger partial charge in [-0.25, -0.2) is 0 Å². The number of hydrogen-bond donors (Lipinski definition) is 1. The number of hydrogen-bond acceptors (Lipinski definition) is 2. The highest BCUT2D eigenvalue weighted by atomic mass is 15.2. The number of anilines is 1. The third-order valence-electron chi connectivity index (χ3n) is 4.73. The third kappa shape index (κ3) is 3.76. The van der Waals surface area contributed by atoms with E-state index >= 15 is 0 Å². The first-order valence-corrected chi connectivity index (χ1v) is 8.29. The maximum atomic E-state index is 5.75. The average Bonchev–Trinajstić information content (AvgIpc) is 2.48. The van der Waals surface area contributed by atoms with Gasteiger partial charge < -0.3 is 10.6 Å². The monoisotopic (exact) mass is 274 g/mol. The summed E-state index contributed by atoms with van der Waals surface area (Å²) in [6.07, 6.45) is 7.92. The van der Waals surface area contributed by atoms with Crippen molar-refractivity contribution in [3.63, 3.8) is 0 Å². The Hall–Kier alpha value is -1.02. The van der Waals surface area contributed by atoms with Crippen molar-refractivity contribution in [1.82, 2.24) is 0 Å². The molecule has 1 aromatic carbocycles. The summed E-state index contributed by atoms with van der Waals surface area (Å²) in [5.74, 6) is 0.849. The van der Waals surface area contributed by atoms with Gasteiger partial charge in [-0.3, -0.25) is 0 Å². The molecule has 2 heteroatoms. The fraction of sp³-hybridized carbons (Fsp3) is 0.667. The third-order valence-corrected chi connectivity index (χ3v) is 4.73. The second-order valence-corrected chi connectivity index (χ2v) is 6.19. The van der Waals surface area contributed by atoms with Crippen LogP contribution in [0.3, 0.4) is 0 Å². The first-order valence-electron chi connectivity index (χ1n) is 8.29. The molecule has 0 amide bonds. The Morgan fingerprint density at radius 3 is 2.75 bits per heavy atom. The minimum atomic E-state index is 0.710. The van der Waals surface area contributed by atoms with Gasteiger partial charge in [0, 0.05) is 18.3 Å². The molecule has 1 aliphatic rings. The van der Waals surface area contributed by atoms with Crippen LogP contribution in [-0.2, 0) is 0 Å². The molecule has 0 aliphatic heterocycles. The minimum Gasteiger partial charge on any atom is -0.368 e. The van der Waals surface area contributed by atoms with Crippen LogP contribution in [0.4, 0.5) is 5.69 Å². The Balaban J connectivity index is 2.21. The lowest BCUT2D eigenvalue weighted by Gasteiger charge is -2.41. The first-order chi connectivity index (χ1) is 9.76. The Morgan fingerprint density at radius 2 is 2.05 bits per heavy atom. The molecule has 2 N–H and O–H groups in total. The SMILES string of the molecule is CCC1CCCCC1N(CCCN)c1cccc(C)c1. The van der Waals surface area contributed by atoms with E-state index in [1.807, 2.05) is 0 Å². The molecule has 1 saturated carbocycles. The average molecular weight is 274 g/mol. The van der Waals surface area contributed by atoms with Crippen LogP contribution in [0.1, 0.15) is 51.0 Å². The molecule has 0 bridgehead atoms. The summed E-state index contributed by atoms with van der Waals surface area (Å²) in [5, 5.41) is 0. The van der Waals surface area contributed by atoms with E-state index in [-0.39, 0.29) is 0 Å². The van der Waals surface area contributed by atoms with Crippen LogP contribution in [0.5, 0.6) is 0 Å². The molecule has 2 nitrogen and oxygen atoms in total. The Labute approximate surface area is 124 Å². The number of aryl methyl sites for hydroxylation is 1. The van der Waals surface area contributed by atoms with E-state index in [4.69, 9.17) is 5.73 Å². The zero-order valence-corrected chi connectivity index (χ0v) is 13.1. The first kappa shape index (κ1) is 15.4. The summed E-state index contributed by atoms with van der Waals surface area (Å²) in [6.45, 7) is 6.41. The Bertz CT molecular complexity index is 402. The van der Waals surface area contributed by atoms with E-state index in [0.29, 0.717) is 6.04 Å². The molecule has 0 heterocycles. The highest BCUT2D eigenvalue weighted by Crippen LogP contribution is 2.33. The van der Waals surface area contributed by atoms with Crippen molar-refractivity contribution in [2.45, 2.75) is 58.4 Å². The van der Waals surface area contributed by atoms with Crippen LogP contribution in [0.25, 0.3) is 0 Å². The van der Waals surface area contributed by atoms with Crippen molar-refractivity contribution < 1.29 is 0 Å². The minimum absolute atomic E-state index is 0.710. The van der Waals surface area contributed by atoms with Crippen LogP contribution >= 0.6 is 0 Å². The molecule has 112 valence electrons. The highest BCUT2D eigenvalue weighted by Gasteiger charge is 2.28. The second-order valence-electron chi connectivity index (χ2n) is 6.19. The van der Waals surface area contributed by atoms with Gasteiger partial charge in [-0.2, -0.15) is 0 Å². The fourth-order valence-electron chi connectivity index (χ4n) is 3.63. The normalized spacial score (nSPS) is 22.8. The van der Waals surface area contributed by atoms with Crippen LogP contribution in [0.15, 0.2) is 24.3 Å². The smallest absolute Gasteiger partial charge is 0.0371 e. The van der Waals surface area contributed by atoms with Crippen LogP contribution in [0, 0.1) is 12.8 Å². The van der Waals surface area contributed by atoms with Gasteiger partial charge in [-0.05, 0) is 56.3 Å². The topological polar surface area (TPSA) is 29.3 Å².